The quantitative estimate of drug-likeness (QED) is 0.488. The summed E-state index contributed by atoms with van der Waals surface area (Å²) in [6.07, 6.45) is 11.4. The second kappa shape index (κ2) is 11.0. The summed E-state index contributed by atoms with van der Waals surface area (Å²) in [6.45, 7) is 3.27. The number of nitrogens with one attached hydrogen (secondary N) is 1. The Bertz CT molecular complexity index is 719. The molecule has 0 aromatic carbocycles. The van der Waals surface area contributed by atoms with Crippen molar-refractivity contribution in [1.82, 2.24) is 15.3 Å². The summed E-state index contributed by atoms with van der Waals surface area (Å²) in [7, 11) is 0. The van der Waals surface area contributed by atoms with Gasteiger partial charge in [-0.25, -0.2) is 4.98 Å². The predicted octanol–water partition coefficient (Wildman–Crippen LogP) is 5.17. The number of halogens is 2. The van der Waals surface area contributed by atoms with Crippen molar-refractivity contribution < 1.29 is 9.13 Å². The van der Waals surface area contributed by atoms with E-state index in [-0.39, 0.29) is 5.41 Å². The molecular formula is C22H29BrFN3O. The monoisotopic (exact) mass is 449 g/mol. The van der Waals surface area contributed by atoms with Gasteiger partial charge in [-0.15, -0.1) is 0 Å². The molecule has 1 aliphatic heterocycles. The highest BCUT2D eigenvalue weighted by Crippen LogP contribution is 2.37. The molecule has 2 aromatic heterocycles. The van der Waals surface area contributed by atoms with Crippen molar-refractivity contribution >= 4 is 15.9 Å². The number of pyridine rings is 2. The molecular weight excluding hydrogens is 421 g/mol. The third-order valence-corrected chi connectivity index (χ3v) is 6.11. The van der Waals surface area contributed by atoms with Gasteiger partial charge < -0.3 is 10.1 Å². The largest absolute Gasteiger partial charge is 0.381 e. The molecule has 3 heterocycles. The fraction of sp³-hybridized carbons (Fsp3) is 0.545. The van der Waals surface area contributed by atoms with E-state index in [1.165, 1.54) is 18.5 Å². The van der Waals surface area contributed by atoms with Gasteiger partial charge in [0.25, 0.3) is 0 Å². The molecule has 3 rings (SSSR count). The number of hydrogen-bond acceptors (Lipinski definition) is 4. The Morgan fingerprint density at radius 1 is 1.11 bits per heavy atom. The van der Waals surface area contributed by atoms with Gasteiger partial charge in [-0.1, -0.05) is 18.9 Å². The minimum absolute atomic E-state index is 0.0799. The summed E-state index contributed by atoms with van der Waals surface area (Å²) in [5, 5.41) is 3.51. The number of aromatic nitrogens is 2. The zero-order valence-electron chi connectivity index (χ0n) is 16.3. The van der Waals surface area contributed by atoms with Crippen molar-refractivity contribution in [3.8, 4) is 0 Å². The van der Waals surface area contributed by atoms with Crippen LogP contribution in [0.1, 0.15) is 56.2 Å². The maximum Gasteiger partial charge on any atom is 0.227 e. The molecule has 152 valence electrons. The van der Waals surface area contributed by atoms with Crippen LogP contribution in [-0.2, 0) is 16.7 Å². The van der Waals surface area contributed by atoms with Crippen LogP contribution in [0.5, 0.6) is 0 Å². The molecule has 1 N–H and O–H groups in total. The molecule has 1 saturated heterocycles. The van der Waals surface area contributed by atoms with Gasteiger partial charge in [0, 0.05) is 43.3 Å². The maximum absolute atomic E-state index is 13.3. The van der Waals surface area contributed by atoms with Gasteiger partial charge >= 0.3 is 0 Å². The lowest BCUT2D eigenvalue weighted by Crippen LogP contribution is -2.33. The van der Waals surface area contributed by atoms with Crippen LogP contribution in [0.15, 0.2) is 41.1 Å². The highest BCUT2D eigenvalue weighted by atomic mass is 79.9. The Balaban J connectivity index is 1.65. The fourth-order valence-electron chi connectivity index (χ4n) is 4.01. The Labute approximate surface area is 175 Å². The van der Waals surface area contributed by atoms with E-state index in [9.17, 15) is 4.39 Å². The normalized spacial score (nSPS) is 21.4. The first kappa shape index (κ1) is 21.3. The van der Waals surface area contributed by atoms with Crippen LogP contribution in [0, 0.1) is 5.95 Å². The van der Waals surface area contributed by atoms with Crippen molar-refractivity contribution in [3.63, 3.8) is 0 Å². The molecule has 0 bridgehead atoms. The Hall–Kier alpha value is -1.37. The molecule has 4 nitrogen and oxygen atoms in total. The minimum Gasteiger partial charge on any atom is -0.381 e. The highest BCUT2D eigenvalue weighted by molar-refractivity contribution is 9.10. The SMILES string of the molecule is Fc1ncc(CNCC[C@@]2(c3ccccn3)CCCCCOCCC2)cc1Br. The van der Waals surface area contributed by atoms with E-state index < -0.39 is 5.95 Å². The average molecular weight is 450 g/mol. The molecule has 28 heavy (non-hydrogen) atoms. The second-order valence-corrected chi connectivity index (χ2v) is 8.42. The first-order valence-corrected chi connectivity index (χ1v) is 11.0. The summed E-state index contributed by atoms with van der Waals surface area (Å²) in [5.74, 6) is -0.471. The molecule has 0 amide bonds. The summed E-state index contributed by atoms with van der Waals surface area (Å²) >= 11 is 3.20. The zero-order chi connectivity index (χ0) is 19.7. The van der Waals surface area contributed by atoms with E-state index in [2.05, 4.69) is 38.4 Å². The Morgan fingerprint density at radius 2 is 1.96 bits per heavy atom. The summed E-state index contributed by atoms with van der Waals surface area (Å²) in [6, 6.07) is 8.03. The van der Waals surface area contributed by atoms with Crippen LogP contribution < -0.4 is 5.32 Å². The molecule has 0 unspecified atom stereocenters. The lowest BCUT2D eigenvalue weighted by atomic mass is 9.72. The van der Waals surface area contributed by atoms with Crippen molar-refractivity contribution in [1.29, 1.82) is 0 Å². The highest BCUT2D eigenvalue weighted by Gasteiger charge is 2.32. The van der Waals surface area contributed by atoms with Gasteiger partial charge in [-0.2, -0.15) is 4.39 Å². The maximum atomic E-state index is 13.3. The number of ether oxygens (including phenoxy) is 1. The summed E-state index contributed by atoms with van der Waals surface area (Å²) < 4.78 is 19.5. The topological polar surface area (TPSA) is 47.0 Å². The fourth-order valence-corrected chi connectivity index (χ4v) is 4.41. The van der Waals surface area contributed by atoms with Crippen LogP contribution in [0.25, 0.3) is 0 Å². The first-order chi connectivity index (χ1) is 13.7. The molecule has 1 aliphatic rings. The van der Waals surface area contributed by atoms with Gasteiger partial charge in [0.05, 0.1) is 4.47 Å². The van der Waals surface area contributed by atoms with Crippen LogP contribution in [0.2, 0.25) is 0 Å². The smallest absolute Gasteiger partial charge is 0.227 e. The van der Waals surface area contributed by atoms with Gasteiger partial charge in [0.2, 0.25) is 5.95 Å². The average Bonchev–Trinajstić information content (AvgIpc) is 2.73. The standard InChI is InChI=1S/C22H29BrFN3O/c23-19-15-18(17-27-21(19)24)16-25-12-10-22(20-7-2-4-11-26-20)8-3-1-5-13-28-14-6-9-22/h2,4,7,11,15,17,25H,1,3,5-6,8-10,12-14,16H2/t22-/m1/s1. The number of nitrogens with zero attached hydrogens (tertiary/aromatic N) is 2. The van der Waals surface area contributed by atoms with Crippen LogP contribution in [0.4, 0.5) is 4.39 Å². The number of rotatable bonds is 6. The van der Waals surface area contributed by atoms with Gasteiger partial charge in [-0.05, 0) is 78.3 Å². The van der Waals surface area contributed by atoms with Crippen molar-refractivity contribution in [2.45, 2.75) is 56.9 Å². The van der Waals surface area contributed by atoms with E-state index in [4.69, 9.17) is 9.72 Å². The van der Waals surface area contributed by atoms with Crippen molar-refractivity contribution in [2.75, 3.05) is 19.8 Å². The van der Waals surface area contributed by atoms with Crippen LogP contribution >= 0.6 is 15.9 Å². The Kier molecular flexibility index (Phi) is 8.37. The van der Waals surface area contributed by atoms with Crippen molar-refractivity contribution in [2.24, 2.45) is 0 Å². The molecule has 2 aromatic rings. The van der Waals surface area contributed by atoms with E-state index in [1.54, 1.807) is 12.3 Å². The summed E-state index contributed by atoms with van der Waals surface area (Å²) in [4.78, 5) is 8.51. The van der Waals surface area contributed by atoms with Crippen molar-refractivity contribution in [3.05, 3.63) is 58.3 Å². The lowest BCUT2D eigenvalue weighted by molar-refractivity contribution is 0.111. The van der Waals surface area contributed by atoms with Gasteiger partial charge in [0.15, 0.2) is 0 Å². The van der Waals surface area contributed by atoms with Crippen LogP contribution in [0.3, 0.4) is 0 Å². The van der Waals surface area contributed by atoms with Crippen LogP contribution in [-0.4, -0.2) is 29.7 Å². The molecule has 1 fully saturated rings. The minimum atomic E-state index is -0.471. The van der Waals surface area contributed by atoms with Gasteiger partial charge in [0.1, 0.15) is 0 Å². The number of hydrogen-bond donors (Lipinski definition) is 1. The molecule has 0 saturated carbocycles. The Morgan fingerprint density at radius 3 is 2.79 bits per heavy atom. The molecule has 0 radical (unpaired) electrons. The predicted molar refractivity (Wildman–Crippen MR) is 113 cm³/mol. The van der Waals surface area contributed by atoms with Gasteiger partial charge in [-0.3, -0.25) is 4.98 Å². The third kappa shape index (κ3) is 6.06. The third-order valence-electron chi connectivity index (χ3n) is 5.56. The molecule has 1 atom stereocenters. The molecule has 0 aliphatic carbocycles. The van der Waals surface area contributed by atoms with E-state index >= 15 is 0 Å². The second-order valence-electron chi connectivity index (χ2n) is 7.56. The van der Waals surface area contributed by atoms with E-state index in [0.717, 1.165) is 57.4 Å². The van der Waals surface area contributed by atoms with E-state index in [1.807, 2.05) is 12.3 Å². The molecule has 6 heteroatoms. The first-order valence-electron chi connectivity index (χ1n) is 10.2. The lowest BCUT2D eigenvalue weighted by Gasteiger charge is -2.34. The molecule has 0 spiro atoms. The zero-order valence-corrected chi connectivity index (χ0v) is 17.9. The van der Waals surface area contributed by atoms with E-state index in [0.29, 0.717) is 11.0 Å². The summed E-state index contributed by atoms with van der Waals surface area (Å²) in [5.41, 5.74) is 2.25.